The zero-order valence-corrected chi connectivity index (χ0v) is 12.1. The van der Waals surface area contributed by atoms with E-state index in [4.69, 9.17) is 11.6 Å². The van der Waals surface area contributed by atoms with Gasteiger partial charge in [0.25, 0.3) is 0 Å². The minimum Gasteiger partial charge on any atom is -0.345 e. The number of benzene rings is 1. The summed E-state index contributed by atoms with van der Waals surface area (Å²) in [6, 6.07) is 7.23. The highest BCUT2D eigenvalue weighted by Crippen LogP contribution is 2.16. The van der Waals surface area contributed by atoms with Gasteiger partial charge in [0.2, 0.25) is 5.91 Å². The van der Waals surface area contributed by atoms with Crippen molar-refractivity contribution in [3.63, 3.8) is 0 Å². The number of ketones is 1. The van der Waals surface area contributed by atoms with Gasteiger partial charge in [-0.2, -0.15) is 0 Å². The summed E-state index contributed by atoms with van der Waals surface area (Å²) in [4.78, 5) is 23.2. The van der Waals surface area contributed by atoms with Gasteiger partial charge in [0.15, 0.2) is 5.78 Å². The van der Waals surface area contributed by atoms with Gasteiger partial charge in [-0.1, -0.05) is 50.6 Å². The van der Waals surface area contributed by atoms with Crippen molar-refractivity contribution in [2.24, 2.45) is 5.41 Å². The number of Topliss-reactive ketones (excluding diaryl/α,β-unsaturated/α-hetero) is 1. The summed E-state index contributed by atoms with van der Waals surface area (Å²) < 4.78 is 0. The number of hydrogen-bond donors (Lipinski definition) is 1. The maximum atomic E-state index is 11.6. The van der Waals surface area contributed by atoms with E-state index in [1.54, 1.807) is 12.1 Å². The van der Waals surface area contributed by atoms with E-state index in [1.807, 2.05) is 39.0 Å². The van der Waals surface area contributed by atoms with Crippen molar-refractivity contribution in [3.8, 4) is 0 Å². The van der Waals surface area contributed by atoms with Crippen LogP contribution in [0.1, 0.15) is 26.3 Å². The Morgan fingerprint density at radius 2 is 1.89 bits per heavy atom. The number of carbonyl (C=O) groups excluding carboxylic acids is 2. The van der Waals surface area contributed by atoms with E-state index in [2.05, 4.69) is 5.32 Å². The monoisotopic (exact) mass is 279 g/mol. The lowest BCUT2D eigenvalue weighted by Crippen LogP contribution is -2.34. The zero-order valence-electron chi connectivity index (χ0n) is 11.4. The van der Waals surface area contributed by atoms with Gasteiger partial charge in [-0.3, -0.25) is 9.59 Å². The first-order chi connectivity index (χ1) is 8.80. The lowest BCUT2D eigenvalue weighted by atomic mass is 9.91. The van der Waals surface area contributed by atoms with E-state index in [0.717, 1.165) is 5.56 Å². The second kappa shape index (κ2) is 6.53. The molecule has 0 aliphatic heterocycles. The SMILES string of the molecule is CC(C)(C)C(=O)CNC(=O)/C=C/c1ccccc1Cl. The summed E-state index contributed by atoms with van der Waals surface area (Å²) in [5.74, 6) is -0.315. The standard InChI is InChI=1S/C15H18ClNO2/c1-15(2,3)13(18)10-17-14(19)9-8-11-6-4-5-7-12(11)16/h4-9H,10H2,1-3H3,(H,17,19)/b9-8+. The van der Waals surface area contributed by atoms with Gasteiger partial charge in [-0.25, -0.2) is 0 Å². The van der Waals surface area contributed by atoms with Crippen LogP contribution in [0.15, 0.2) is 30.3 Å². The minimum absolute atomic E-state index is 0.00741. The van der Waals surface area contributed by atoms with Crippen LogP contribution >= 0.6 is 11.6 Å². The fourth-order valence-corrected chi connectivity index (χ4v) is 1.47. The molecule has 3 nitrogen and oxygen atoms in total. The Bertz CT molecular complexity index is 501. The summed E-state index contributed by atoms with van der Waals surface area (Å²) in [6.07, 6.45) is 3.00. The molecule has 0 heterocycles. The molecule has 4 heteroatoms. The Morgan fingerprint density at radius 3 is 2.47 bits per heavy atom. The largest absolute Gasteiger partial charge is 0.345 e. The number of hydrogen-bond acceptors (Lipinski definition) is 2. The van der Waals surface area contributed by atoms with Crippen LogP contribution in [0.25, 0.3) is 6.08 Å². The van der Waals surface area contributed by atoms with Gasteiger partial charge in [0.1, 0.15) is 0 Å². The first kappa shape index (κ1) is 15.4. The fraction of sp³-hybridized carbons (Fsp3) is 0.333. The molecule has 19 heavy (non-hydrogen) atoms. The molecule has 1 N–H and O–H groups in total. The lowest BCUT2D eigenvalue weighted by molar-refractivity contribution is -0.127. The second-order valence-corrected chi connectivity index (χ2v) is 5.65. The second-order valence-electron chi connectivity index (χ2n) is 5.25. The first-order valence-corrected chi connectivity index (χ1v) is 6.42. The highest BCUT2D eigenvalue weighted by atomic mass is 35.5. The lowest BCUT2D eigenvalue weighted by Gasteiger charge is -2.16. The smallest absolute Gasteiger partial charge is 0.244 e. The average molecular weight is 280 g/mol. The van der Waals surface area contributed by atoms with Gasteiger partial charge >= 0.3 is 0 Å². The molecule has 0 aromatic heterocycles. The highest BCUT2D eigenvalue weighted by Gasteiger charge is 2.20. The first-order valence-electron chi connectivity index (χ1n) is 6.04. The van der Waals surface area contributed by atoms with Gasteiger partial charge in [-0.05, 0) is 17.7 Å². The predicted molar refractivity (Wildman–Crippen MR) is 78.0 cm³/mol. The summed E-state index contributed by atoms with van der Waals surface area (Å²) in [7, 11) is 0. The van der Waals surface area contributed by atoms with Crippen LogP contribution in [-0.4, -0.2) is 18.2 Å². The van der Waals surface area contributed by atoms with E-state index >= 15 is 0 Å². The molecule has 0 saturated heterocycles. The summed E-state index contributed by atoms with van der Waals surface area (Å²) in [6.45, 7) is 5.50. The van der Waals surface area contributed by atoms with Crippen molar-refractivity contribution in [1.29, 1.82) is 0 Å². The highest BCUT2D eigenvalue weighted by molar-refractivity contribution is 6.32. The number of halogens is 1. The number of carbonyl (C=O) groups is 2. The Kier molecular flexibility index (Phi) is 5.31. The van der Waals surface area contributed by atoms with Crippen molar-refractivity contribution < 1.29 is 9.59 Å². The molecular formula is C15H18ClNO2. The van der Waals surface area contributed by atoms with Crippen LogP contribution in [0, 0.1) is 5.41 Å². The molecule has 0 aliphatic rings. The molecule has 0 unspecified atom stereocenters. The normalized spacial score (nSPS) is 11.6. The van der Waals surface area contributed by atoms with Crippen LogP contribution in [-0.2, 0) is 9.59 Å². The molecule has 1 aromatic rings. The van der Waals surface area contributed by atoms with Crippen LogP contribution in [0.3, 0.4) is 0 Å². The molecule has 0 bridgehead atoms. The molecule has 0 atom stereocenters. The third kappa shape index (κ3) is 5.26. The van der Waals surface area contributed by atoms with Crippen molar-refractivity contribution in [1.82, 2.24) is 5.32 Å². The molecule has 1 rings (SSSR count). The topological polar surface area (TPSA) is 46.2 Å². The molecule has 0 saturated carbocycles. The zero-order chi connectivity index (χ0) is 14.5. The summed E-state index contributed by atoms with van der Waals surface area (Å²) in [5.41, 5.74) is 0.321. The van der Waals surface area contributed by atoms with Gasteiger partial charge in [-0.15, -0.1) is 0 Å². The molecule has 0 aliphatic carbocycles. The van der Waals surface area contributed by atoms with Crippen LogP contribution in [0.5, 0.6) is 0 Å². The molecule has 0 spiro atoms. The van der Waals surface area contributed by atoms with E-state index in [-0.39, 0.29) is 18.2 Å². The molecule has 0 fully saturated rings. The van der Waals surface area contributed by atoms with Crippen LogP contribution in [0.2, 0.25) is 5.02 Å². The van der Waals surface area contributed by atoms with E-state index in [9.17, 15) is 9.59 Å². The molecule has 0 radical (unpaired) electrons. The van der Waals surface area contributed by atoms with Crippen molar-refractivity contribution in [2.45, 2.75) is 20.8 Å². The summed E-state index contributed by atoms with van der Waals surface area (Å²) >= 11 is 5.96. The van der Waals surface area contributed by atoms with E-state index < -0.39 is 5.41 Å². The van der Waals surface area contributed by atoms with Crippen molar-refractivity contribution in [3.05, 3.63) is 40.9 Å². The third-order valence-corrected chi connectivity index (χ3v) is 2.92. The summed E-state index contributed by atoms with van der Waals surface area (Å²) in [5, 5.41) is 3.14. The molecule has 1 aromatic carbocycles. The number of amides is 1. The van der Waals surface area contributed by atoms with Crippen LogP contribution < -0.4 is 5.32 Å². The maximum absolute atomic E-state index is 11.6. The minimum atomic E-state index is -0.445. The van der Waals surface area contributed by atoms with Gasteiger partial charge < -0.3 is 5.32 Å². The Balaban J connectivity index is 2.53. The Labute approximate surface area is 118 Å². The Morgan fingerprint density at radius 1 is 1.26 bits per heavy atom. The predicted octanol–water partition coefficient (Wildman–Crippen LogP) is 3.08. The quantitative estimate of drug-likeness (QED) is 0.861. The average Bonchev–Trinajstić information content (AvgIpc) is 2.33. The fourth-order valence-electron chi connectivity index (χ4n) is 1.27. The number of nitrogens with one attached hydrogen (secondary N) is 1. The van der Waals surface area contributed by atoms with E-state index in [0.29, 0.717) is 5.02 Å². The van der Waals surface area contributed by atoms with Gasteiger partial charge in [0.05, 0.1) is 6.54 Å². The van der Waals surface area contributed by atoms with Crippen molar-refractivity contribution in [2.75, 3.05) is 6.54 Å². The molecule has 102 valence electrons. The Hall–Kier alpha value is -1.61. The van der Waals surface area contributed by atoms with E-state index in [1.165, 1.54) is 6.08 Å². The van der Waals surface area contributed by atoms with Crippen molar-refractivity contribution >= 4 is 29.4 Å². The third-order valence-electron chi connectivity index (χ3n) is 2.58. The number of rotatable bonds is 4. The van der Waals surface area contributed by atoms with Crippen LogP contribution in [0.4, 0.5) is 0 Å². The molecule has 1 amide bonds. The van der Waals surface area contributed by atoms with Gasteiger partial charge in [0, 0.05) is 16.5 Å². The maximum Gasteiger partial charge on any atom is 0.244 e. The molecular weight excluding hydrogens is 262 g/mol.